The molecule has 0 bridgehead atoms. The molecule has 6 heteroatoms. The Labute approximate surface area is 120 Å². The van der Waals surface area contributed by atoms with Crippen LogP contribution in [-0.2, 0) is 20.4 Å². The van der Waals surface area contributed by atoms with Gasteiger partial charge in [-0.3, -0.25) is 9.00 Å². The molecule has 5 nitrogen and oxygen atoms in total. The van der Waals surface area contributed by atoms with Crippen molar-refractivity contribution < 1.29 is 18.9 Å². The van der Waals surface area contributed by atoms with Gasteiger partial charge in [0, 0.05) is 16.6 Å². The molecule has 0 radical (unpaired) electrons. The molecule has 0 fully saturated rings. The summed E-state index contributed by atoms with van der Waals surface area (Å²) in [6.07, 6.45) is 0.134. The summed E-state index contributed by atoms with van der Waals surface area (Å²) in [5, 5.41) is 11.5. The standard InChI is InChI=1S/C14H19NO4S/c1-10(2)13(16)15-12(14(17)18)8-9-20(19)11-6-4-3-5-7-11/h3-7,10,12H,8-9H2,1-2H3,(H,15,16)(H,17,18)/t12-,20+/m0/s1. The van der Waals surface area contributed by atoms with Crippen molar-refractivity contribution in [2.75, 3.05) is 5.75 Å². The Hall–Kier alpha value is -1.69. The zero-order chi connectivity index (χ0) is 15.1. The lowest BCUT2D eigenvalue weighted by atomic mass is 10.1. The second-order valence-corrected chi connectivity index (χ2v) is 6.28. The molecule has 2 atom stereocenters. The van der Waals surface area contributed by atoms with Crippen molar-refractivity contribution in [3.05, 3.63) is 30.3 Å². The molecule has 1 amide bonds. The second-order valence-electron chi connectivity index (χ2n) is 4.71. The van der Waals surface area contributed by atoms with Crippen molar-refractivity contribution in [2.24, 2.45) is 5.92 Å². The van der Waals surface area contributed by atoms with Gasteiger partial charge < -0.3 is 10.4 Å². The summed E-state index contributed by atoms with van der Waals surface area (Å²) in [4.78, 5) is 23.3. The summed E-state index contributed by atoms with van der Waals surface area (Å²) < 4.78 is 12.0. The van der Waals surface area contributed by atoms with Crippen LogP contribution in [0.25, 0.3) is 0 Å². The zero-order valence-electron chi connectivity index (χ0n) is 11.5. The topological polar surface area (TPSA) is 83.5 Å². The first kappa shape index (κ1) is 16.4. The molecule has 0 aliphatic heterocycles. The van der Waals surface area contributed by atoms with E-state index in [2.05, 4.69) is 5.32 Å². The van der Waals surface area contributed by atoms with Crippen molar-refractivity contribution in [3.63, 3.8) is 0 Å². The smallest absolute Gasteiger partial charge is 0.326 e. The summed E-state index contributed by atoms with van der Waals surface area (Å²) in [6.45, 7) is 3.38. The maximum absolute atomic E-state index is 12.0. The molecular formula is C14H19NO4S. The van der Waals surface area contributed by atoms with Gasteiger partial charge in [-0.05, 0) is 18.6 Å². The van der Waals surface area contributed by atoms with Gasteiger partial charge in [-0.15, -0.1) is 0 Å². The van der Waals surface area contributed by atoms with Crippen LogP contribution in [0.5, 0.6) is 0 Å². The molecule has 0 spiro atoms. The molecule has 1 rings (SSSR count). The third-order valence-corrected chi connectivity index (χ3v) is 4.14. The number of carbonyl (C=O) groups excluding carboxylic acids is 1. The minimum absolute atomic E-state index is 0.134. The Morgan fingerprint density at radius 3 is 2.35 bits per heavy atom. The van der Waals surface area contributed by atoms with Crippen molar-refractivity contribution in [2.45, 2.75) is 31.2 Å². The van der Waals surface area contributed by atoms with E-state index in [1.54, 1.807) is 38.1 Å². The number of benzene rings is 1. The van der Waals surface area contributed by atoms with Gasteiger partial charge in [0.15, 0.2) is 0 Å². The first-order valence-corrected chi connectivity index (χ1v) is 7.70. The van der Waals surface area contributed by atoms with Crippen LogP contribution in [0.3, 0.4) is 0 Å². The highest BCUT2D eigenvalue weighted by atomic mass is 32.2. The number of nitrogens with one attached hydrogen (secondary N) is 1. The predicted molar refractivity (Wildman–Crippen MR) is 76.7 cm³/mol. The first-order valence-electron chi connectivity index (χ1n) is 6.38. The molecule has 0 aliphatic rings. The van der Waals surface area contributed by atoms with E-state index in [-0.39, 0.29) is 24.0 Å². The van der Waals surface area contributed by atoms with Crippen molar-refractivity contribution in [1.82, 2.24) is 5.32 Å². The lowest BCUT2D eigenvalue weighted by Gasteiger charge is -2.15. The summed E-state index contributed by atoms with van der Waals surface area (Å²) in [5.41, 5.74) is 0. The van der Waals surface area contributed by atoms with Crippen LogP contribution < -0.4 is 5.32 Å². The number of carboxylic acids is 1. The van der Waals surface area contributed by atoms with Crippen molar-refractivity contribution in [1.29, 1.82) is 0 Å². The van der Waals surface area contributed by atoms with E-state index in [0.717, 1.165) is 0 Å². The number of carbonyl (C=O) groups is 2. The maximum Gasteiger partial charge on any atom is 0.326 e. The van der Waals surface area contributed by atoms with Gasteiger partial charge >= 0.3 is 5.97 Å². The lowest BCUT2D eigenvalue weighted by Crippen LogP contribution is -2.43. The van der Waals surface area contributed by atoms with Crippen LogP contribution in [0, 0.1) is 5.92 Å². The van der Waals surface area contributed by atoms with Crippen LogP contribution >= 0.6 is 0 Å². The van der Waals surface area contributed by atoms with Crippen LogP contribution in [0.1, 0.15) is 20.3 Å². The highest BCUT2D eigenvalue weighted by molar-refractivity contribution is 7.85. The van der Waals surface area contributed by atoms with E-state index in [1.807, 2.05) is 6.07 Å². The minimum Gasteiger partial charge on any atom is -0.480 e. The fourth-order valence-corrected chi connectivity index (χ4v) is 2.66. The molecule has 1 aromatic carbocycles. The lowest BCUT2D eigenvalue weighted by molar-refractivity contribution is -0.142. The number of hydrogen-bond donors (Lipinski definition) is 2. The Balaban J connectivity index is 2.57. The number of aliphatic carboxylic acids is 1. The van der Waals surface area contributed by atoms with Crippen LogP contribution in [0.4, 0.5) is 0 Å². The van der Waals surface area contributed by atoms with Crippen molar-refractivity contribution >= 4 is 22.7 Å². The minimum atomic E-state index is -1.26. The van der Waals surface area contributed by atoms with Gasteiger partial charge in [0.1, 0.15) is 6.04 Å². The van der Waals surface area contributed by atoms with Gasteiger partial charge in [0.05, 0.1) is 10.8 Å². The average Bonchev–Trinajstić information content (AvgIpc) is 2.43. The largest absolute Gasteiger partial charge is 0.480 e. The maximum atomic E-state index is 12.0. The van der Waals surface area contributed by atoms with Gasteiger partial charge in [-0.2, -0.15) is 0 Å². The summed E-state index contributed by atoms with van der Waals surface area (Å²) in [7, 11) is -1.26. The number of amides is 1. The SMILES string of the molecule is CC(C)C(=O)N[C@@H](CC[S@@](=O)c1ccccc1)C(=O)O. The van der Waals surface area contributed by atoms with Gasteiger partial charge in [-0.1, -0.05) is 32.0 Å². The van der Waals surface area contributed by atoms with Gasteiger partial charge in [0.25, 0.3) is 0 Å². The van der Waals surface area contributed by atoms with Gasteiger partial charge in [-0.25, -0.2) is 4.79 Å². The van der Waals surface area contributed by atoms with Crippen LogP contribution in [0.2, 0.25) is 0 Å². The summed E-state index contributed by atoms with van der Waals surface area (Å²) in [6, 6.07) is 7.85. The van der Waals surface area contributed by atoms with Crippen LogP contribution in [0.15, 0.2) is 35.2 Å². The molecule has 2 N–H and O–H groups in total. The summed E-state index contributed by atoms with van der Waals surface area (Å²) >= 11 is 0. The Bertz CT molecular complexity index is 487. The average molecular weight is 297 g/mol. The summed E-state index contributed by atoms with van der Waals surface area (Å²) in [5.74, 6) is -1.51. The third-order valence-electron chi connectivity index (χ3n) is 2.74. The molecule has 0 unspecified atom stereocenters. The molecule has 1 aromatic rings. The highest BCUT2D eigenvalue weighted by Gasteiger charge is 2.22. The van der Waals surface area contributed by atoms with Crippen LogP contribution in [-0.4, -0.2) is 33.0 Å². The fourth-order valence-electron chi connectivity index (χ4n) is 1.51. The molecular weight excluding hydrogens is 278 g/mol. The molecule has 0 heterocycles. The van der Waals surface area contributed by atoms with E-state index in [1.165, 1.54) is 0 Å². The number of carboxylic acid groups (broad SMARTS) is 1. The monoisotopic (exact) mass is 297 g/mol. The van der Waals surface area contributed by atoms with E-state index in [9.17, 15) is 13.8 Å². The zero-order valence-corrected chi connectivity index (χ0v) is 12.4. The molecule has 0 aliphatic carbocycles. The normalized spacial score (nSPS) is 13.8. The van der Waals surface area contributed by atoms with E-state index in [0.29, 0.717) is 4.90 Å². The van der Waals surface area contributed by atoms with E-state index < -0.39 is 22.8 Å². The number of hydrogen-bond acceptors (Lipinski definition) is 3. The third kappa shape index (κ3) is 5.13. The molecule has 110 valence electrons. The molecule has 0 saturated carbocycles. The number of rotatable bonds is 7. The van der Waals surface area contributed by atoms with Gasteiger partial charge in [0.2, 0.25) is 5.91 Å². The first-order chi connectivity index (χ1) is 9.41. The second kappa shape index (κ2) is 7.79. The Morgan fingerprint density at radius 2 is 1.85 bits per heavy atom. The van der Waals surface area contributed by atoms with E-state index in [4.69, 9.17) is 5.11 Å². The Kier molecular flexibility index (Phi) is 6.38. The highest BCUT2D eigenvalue weighted by Crippen LogP contribution is 2.08. The molecule has 20 heavy (non-hydrogen) atoms. The fraction of sp³-hybridized carbons (Fsp3) is 0.429. The quantitative estimate of drug-likeness (QED) is 0.797. The van der Waals surface area contributed by atoms with E-state index >= 15 is 0 Å². The Morgan fingerprint density at radius 1 is 1.25 bits per heavy atom. The molecule has 0 aromatic heterocycles. The van der Waals surface area contributed by atoms with Crippen molar-refractivity contribution in [3.8, 4) is 0 Å². The predicted octanol–water partition coefficient (Wildman–Crippen LogP) is 1.41. The molecule has 0 saturated heterocycles.